The highest BCUT2D eigenvalue weighted by Gasteiger charge is 2.31. The van der Waals surface area contributed by atoms with Gasteiger partial charge in [0.05, 0.1) is 0 Å². The molecule has 0 aromatic carbocycles. The molecule has 0 spiro atoms. The van der Waals surface area contributed by atoms with E-state index in [-0.39, 0.29) is 0 Å². The maximum atomic E-state index is 5.62. The van der Waals surface area contributed by atoms with Gasteiger partial charge in [-0.25, -0.2) is 0 Å². The van der Waals surface area contributed by atoms with Gasteiger partial charge < -0.3 is 8.85 Å². The second-order valence-electron chi connectivity index (χ2n) is 1.87. The lowest BCUT2D eigenvalue weighted by molar-refractivity contribution is 0.234. The summed E-state index contributed by atoms with van der Waals surface area (Å²) < 4.78 is 9.80. The topological polar surface area (TPSA) is 18.5 Å². The molecule has 0 atom stereocenters. The molecule has 62 valence electrons. The monoisotopic (exact) mass is 202 g/mol. The van der Waals surface area contributed by atoms with Crippen molar-refractivity contribution in [1.82, 2.24) is 0 Å². The molecular weight excluding hydrogens is 191 g/mol. The Kier molecular flexibility index (Phi) is 5.76. The van der Waals surface area contributed by atoms with Gasteiger partial charge in [-0.2, -0.15) is 0 Å². The summed E-state index contributed by atoms with van der Waals surface area (Å²) in [6.45, 7) is 2.66. The van der Waals surface area contributed by atoms with Crippen LogP contribution >= 0.6 is 22.2 Å². The summed E-state index contributed by atoms with van der Waals surface area (Å²) >= 11 is 11.2. The van der Waals surface area contributed by atoms with Gasteiger partial charge in [0, 0.05) is 13.7 Å². The van der Waals surface area contributed by atoms with Crippen LogP contribution in [-0.2, 0) is 8.85 Å². The zero-order valence-corrected chi connectivity index (χ0v) is 8.71. The molecule has 10 heavy (non-hydrogen) atoms. The van der Waals surface area contributed by atoms with E-state index in [9.17, 15) is 0 Å². The number of rotatable bonds is 5. The van der Waals surface area contributed by atoms with Crippen LogP contribution in [0.3, 0.4) is 0 Å². The van der Waals surface area contributed by atoms with Gasteiger partial charge in [-0.1, -0.05) is 35.5 Å². The van der Waals surface area contributed by atoms with Gasteiger partial charge in [0.1, 0.15) is 0 Å². The Bertz CT molecular complexity index is 89.7. The molecule has 0 radical (unpaired) electrons. The molecule has 0 rings (SSSR count). The van der Waals surface area contributed by atoms with E-state index < -0.39 is 7.18 Å². The van der Waals surface area contributed by atoms with Crippen molar-refractivity contribution < 1.29 is 8.85 Å². The molecule has 0 saturated heterocycles. The van der Waals surface area contributed by atoms with Crippen LogP contribution in [0.1, 0.15) is 19.8 Å². The standard InChI is InChI=1S/C5H12Cl2O2Si/c1-3-4-5-9-10(6,7)8-2/h3-5H2,1-2H3. The van der Waals surface area contributed by atoms with Crippen molar-refractivity contribution in [3.63, 3.8) is 0 Å². The first-order chi connectivity index (χ1) is 4.62. The van der Waals surface area contributed by atoms with Gasteiger partial charge in [-0.3, -0.25) is 0 Å². The first-order valence-corrected chi connectivity index (χ1v) is 7.03. The fourth-order valence-corrected chi connectivity index (χ4v) is 1.36. The van der Waals surface area contributed by atoms with Crippen LogP contribution in [0, 0.1) is 0 Å². The Hall–Kier alpha value is 0.717. The Morgan fingerprint density at radius 3 is 2.40 bits per heavy atom. The lowest BCUT2D eigenvalue weighted by Gasteiger charge is -2.13. The van der Waals surface area contributed by atoms with Crippen LogP contribution in [0.2, 0.25) is 0 Å². The van der Waals surface area contributed by atoms with Gasteiger partial charge >= 0.3 is 7.18 Å². The third kappa shape index (κ3) is 5.50. The molecule has 0 bridgehead atoms. The van der Waals surface area contributed by atoms with Crippen LogP contribution in [0.25, 0.3) is 0 Å². The summed E-state index contributed by atoms with van der Waals surface area (Å²) in [6.07, 6.45) is 2.04. The van der Waals surface area contributed by atoms with E-state index in [1.165, 1.54) is 7.11 Å². The van der Waals surface area contributed by atoms with Crippen LogP contribution < -0.4 is 0 Å². The molecule has 0 N–H and O–H groups in total. The third-order valence-corrected chi connectivity index (χ3v) is 3.60. The number of hydrogen-bond acceptors (Lipinski definition) is 2. The van der Waals surface area contributed by atoms with Crippen molar-refractivity contribution in [2.24, 2.45) is 0 Å². The molecule has 0 heterocycles. The number of unbranched alkanes of at least 4 members (excludes halogenated alkanes) is 1. The first-order valence-electron chi connectivity index (χ1n) is 3.19. The Morgan fingerprint density at radius 1 is 1.40 bits per heavy atom. The van der Waals surface area contributed by atoms with E-state index in [4.69, 9.17) is 31.0 Å². The van der Waals surface area contributed by atoms with E-state index in [0.717, 1.165) is 12.8 Å². The Labute approximate surface area is 72.1 Å². The van der Waals surface area contributed by atoms with Gasteiger partial charge in [0.25, 0.3) is 0 Å². The van der Waals surface area contributed by atoms with Crippen LogP contribution in [-0.4, -0.2) is 20.9 Å². The molecule has 0 aliphatic carbocycles. The fourth-order valence-electron chi connectivity index (χ4n) is 0.394. The predicted octanol–water partition coefficient (Wildman–Crippen LogP) is 2.36. The SMILES string of the molecule is CCCCO[Si](Cl)(Cl)OC. The zero-order chi connectivity index (χ0) is 8.04. The van der Waals surface area contributed by atoms with Crippen LogP contribution in [0.4, 0.5) is 0 Å². The predicted molar refractivity (Wildman–Crippen MR) is 45.3 cm³/mol. The van der Waals surface area contributed by atoms with Crippen LogP contribution in [0.5, 0.6) is 0 Å². The highest BCUT2D eigenvalue weighted by molar-refractivity contribution is 7.39. The molecule has 0 saturated carbocycles. The van der Waals surface area contributed by atoms with Gasteiger partial charge in [0.15, 0.2) is 0 Å². The van der Waals surface area contributed by atoms with Crippen molar-refractivity contribution in [2.75, 3.05) is 13.7 Å². The van der Waals surface area contributed by atoms with Crippen molar-refractivity contribution in [1.29, 1.82) is 0 Å². The van der Waals surface area contributed by atoms with E-state index in [2.05, 4.69) is 6.92 Å². The van der Waals surface area contributed by atoms with E-state index in [1.807, 2.05) is 0 Å². The Morgan fingerprint density at radius 2 is 2.00 bits per heavy atom. The summed E-state index contributed by atoms with van der Waals surface area (Å²) in [6, 6.07) is 0. The van der Waals surface area contributed by atoms with Crippen LogP contribution in [0.15, 0.2) is 0 Å². The molecule has 2 nitrogen and oxygen atoms in total. The maximum absolute atomic E-state index is 5.62. The smallest absolute Gasteiger partial charge is 0.375 e. The number of halogens is 2. The van der Waals surface area contributed by atoms with Gasteiger partial charge in [-0.05, 0) is 6.42 Å². The second kappa shape index (κ2) is 5.38. The van der Waals surface area contributed by atoms with Crippen molar-refractivity contribution in [2.45, 2.75) is 19.8 Å². The number of hydrogen-bond donors (Lipinski definition) is 0. The summed E-state index contributed by atoms with van der Waals surface area (Å²) in [5, 5.41) is 0. The third-order valence-electron chi connectivity index (χ3n) is 1.01. The molecule has 0 fully saturated rings. The maximum Gasteiger partial charge on any atom is 0.551 e. The largest absolute Gasteiger partial charge is 0.551 e. The van der Waals surface area contributed by atoms with E-state index >= 15 is 0 Å². The van der Waals surface area contributed by atoms with Crippen molar-refractivity contribution in [3.05, 3.63) is 0 Å². The molecule has 0 unspecified atom stereocenters. The van der Waals surface area contributed by atoms with Gasteiger partial charge in [-0.15, -0.1) is 0 Å². The minimum atomic E-state index is -2.77. The molecular formula is C5H12Cl2O2Si. The minimum Gasteiger partial charge on any atom is -0.375 e. The summed E-state index contributed by atoms with van der Waals surface area (Å²) in [5.74, 6) is 0. The quantitative estimate of drug-likeness (QED) is 0.388. The molecule has 0 amide bonds. The summed E-state index contributed by atoms with van der Waals surface area (Å²) in [5.41, 5.74) is 0. The molecule has 0 aliphatic heterocycles. The molecule has 0 aromatic heterocycles. The minimum absolute atomic E-state index is 0.587. The average molecular weight is 203 g/mol. The lowest BCUT2D eigenvalue weighted by Crippen LogP contribution is -2.27. The lowest BCUT2D eigenvalue weighted by atomic mass is 10.4. The zero-order valence-electron chi connectivity index (χ0n) is 6.19. The van der Waals surface area contributed by atoms with Gasteiger partial charge in [0.2, 0.25) is 0 Å². The highest BCUT2D eigenvalue weighted by Crippen LogP contribution is 2.16. The fraction of sp³-hybridized carbons (Fsp3) is 1.00. The average Bonchev–Trinajstić information content (AvgIpc) is 1.89. The molecule has 0 aliphatic rings. The summed E-state index contributed by atoms with van der Waals surface area (Å²) in [7, 11) is -1.31. The van der Waals surface area contributed by atoms with Crippen molar-refractivity contribution >= 4 is 29.3 Å². The highest BCUT2D eigenvalue weighted by atomic mass is 35.7. The van der Waals surface area contributed by atoms with E-state index in [1.54, 1.807) is 0 Å². The van der Waals surface area contributed by atoms with E-state index in [0.29, 0.717) is 6.61 Å². The van der Waals surface area contributed by atoms with Crippen molar-refractivity contribution in [3.8, 4) is 0 Å². The molecule has 0 aromatic rings. The first kappa shape index (κ1) is 10.7. The second-order valence-corrected chi connectivity index (χ2v) is 7.06. The summed E-state index contributed by atoms with van der Waals surface area (Å²) in [4.78, 5) is 0. The molecule has 5 heteroatoms. The Balaban J connectivity index is 3.28. The normalized spacial score (nSPS) is 12.0.